The summed E-state index contributed by atoms with van der Waals surface area (Å²) < 4.78 is 0. The fourth-order valence-electron chi connectivity index (χ4n) is 1.94. The first kappa shape index (κ1) is 13.2. The molecule has 1 aromatic heterocycles. The van der Waals surface area contributed by atoms with Crippen molar-refractivity contribution in [2.75, 3.05) is 11.9 Å². The fraction of sp³-hybridized carbons (Fsp3) is 0.214. The molecule has 0 amide bonds. The third-order valence-electron chi connectivity index (χ3n) is 2.77. The average molecular weight is 281 g/mol. The molecule has 0 atom stereocenters. The number of hydrogen-bond acceptors (Lipinski definition) is 2. The second-order valence-electron chi connectivity index (χ2n) is 4.09. The van der Waals surface area contributed by atoms with Crippen molar-refractivity contribution in [2.45, 2.75) is 12.4 Å². The molecule has 1 aromatic carbocycles. The van der Waals surface area contributed by atoms with Crippen LogP contribution < -0.4 is 4.90 Å². The summed E-state index contributed by atoms with van der Waals surface area (Å²) in [7, 11) is 2.01. The topological polar surface area (TPSA) is 16.1 Å². The first-order valence-electron chi connectivity index (χ1n) is 5.65. The zero-order valence-electron chi connectivity index (χ0n) is 10.1. The van der Waals surface area contributed by atoms with Gasteiger partial charge in [0.25, 0.3) is 0 Å². The molecular formula is C14H14Cl2N2. The summed E-state index contributed by atoms with van der Waals surface area (Å²) in [6.45, 7) is 0.774. The number of halogens is 2. The Balaban J connectivity index is 2.26. The van der Waals surface area contributed by atoms with Crippen molar-refractivity contribution in [1.29, 1.82) is 0 Å². The van der Waals surface area contributed by atoms with Gasteiger partial charge < -0.3 is 4.90 Å². The van der Waals surface area contributed by atoms with Crippen molar-refractivity contribution in [2.24, 2.45) is 0 Å². The number of pyridine rings is 1. The lowest BCUT2D eigenvalue weighted by Crippen LogP contribution is -2.18. The van der Waals surface area contributed by atoms with Gasteiger partial charge in [-0.25, -0.2) is 0 Å². The predicted octanol–water partition coefficient (Wildman–Crippen LogP) is 4.11. The molecule has 0 aliphatic rings. The van der Waals surface area contributed by atoms with E-state index >= 15 is 0 Å². The van der Waals surface area contributed by atoms with Crippen molar-refractivity contribution in [3.05, 3.63) is 58.9 Å². The number of rotatable bonds is 4. The SMILES string of the molecule is CN(Cc1ccncc1)c1c(Cl)cccc1CCl. The quantitative estimate of drug-likeness (QED) is 0.784. The standard InChI is InChI=1S/C14H14Cl2N2/c1-18(10-11-5-7-17-8-6-11)14-12(9-15)3-2-4-13(14)16/h2-8H,9-10H2,1H3. The molecule has 0 bridgehead atoms. The number of alkyl halides is 1. The number of nitrogens with zero attached hydrogens (tertiary/aromatic N) is 2. The van der Waals surface area contributed by atoms with Crippen LogP contribution in [0.1, 0.15) is 11.1 Å². The van der Waals surface area contributed by atoms with E-state index in [1.807, 2.05) is 37.4 Å². The van der Waals surface area contributed by atoms with Crippen LogP contribution >= 0.6 is 23.2 Å². The number of benzene rings is 1. The van der Waals surface area contributed by atoms with Gasteiger partial charge in [-0.1, -0.05) is 23.7 Å². The Morgan fingerprint density at radius 3 is 2.56 bits per heavy atom. The van der Waals surface area contributed by atoms with E-state index in [4.69, 9.17) is 23.2 Å². The van der Waals surface area contributed by atoms with Gasteiger partial charge in [0, 0.05) is 31.9 Å². The van der Waals surface area contributed by atoms with Crippen molar-refractivity contribution >= 4 is 28.9 Å². The zero-order chi connectivity index (χ0) is 13.0. The van der Waals surface area contributed by atoms with Crippen LogP contribution in [0.5, 0.6) is 0 Å². The predicted molar refractivity (Wildman–Crippen MR) is 77.4 cm³/mol. The Morgan fingerprint density at radius 1 is 1.17 bits per heavy atom. The number of anilines is 1. The molecule has 0 spiro atoms. The highest BCUT2D eigenvalue weighted by molar-refractivity contribution is 6.33. The Hall–Kier alpha value is -1.25. The summed E-state index contributed by atoms with van der Waals surface area (Å²) >= 11 is 12.2. The normalized spacial score (nSPS) is 10.4. The molecule has 2 nitrogen and oxygen atoms in total. The first-order valence-corrected chi connectivity index (χ1v) is 6.57. The molecule has 0 unspecified atom stereocenters. The Morgan fingerprint density at radius 2 is 1.89 bits per heavy atom. The smallest absolute Gasteiger partial charge is 0.0642 e. The van der Waals surface area contributed by atoms with Crippen LogP contribution in [0.2, 0.25) is 5.02 Å². The second kappa shape index (κ2) is 6.07. The van der Waals surface area contributed by atoms with Crippen LogP contribution in [0.3, 0.4) is 0 Å². The molecule has 0 saturated carbocycles. The van der Waals surface area contributed by atoms with Crippen LogP contribution in [-0.2, 0) is 12.4 Å². The molecule has 0 aliphatic heterocycles. The summed E-state index contributed by atoms with van der Waals surface area (Å²) in [5.41, 5.74) is 3.22. The molecule has 1 heterocycles. The van der Waals surface area contributed by atoms with E-state index in [1.54, 1.807) is 12.4 Å². The molecule has 4 heteroatoms. The van der Waals surface area contributed by atoms with E-state index in [1.165, 1.54) is 5.56 Å². The fourth-order valence-corrected chi connectivity index (χ4v) is 2.49. The molecule has 0 aliphatic carbocycles. The highest BCUT2D eigenvalue weighted by Gasteiger charge is 2.11. The lowest BCUT2D eigenvalue weighted by atomic mass is 10.1. The Labute approximate surface area is 117 Å². The van der Waals surface area contributed by atoms with E-state index in [9.17, 15) is 0 Å². The summed E-state index contributed by atoms with van der Waals surface area (Å²) in [6, 6.07) is 9.79. The second-order valence-corrected chi connectivity index (χ2v) is 4.77. The van der Waals surface area contributed by atoms with E-state index in [2.05, 4.69) is 9.88 Å². The minimum absolute atomic E-state index is 0.455. The van der Waals surface area contributed by atoms with Crippen molar-refractivity contribution in [3.63, 3.8) is 0 Å². The monoisotopic (exact) mass is 280 g/mol. The van der Waals surface area contributed by atoms with Gasteiger partial charge in [0.1, 0.15) is 0 Å². The summed E-state index contributed by atoms with van der Waals surface area (Å²) in [4.78, 5) is 6.12. The summed E-state index contributed by atoms with van der Waals surface area (Å²) in [5.74, 6) is 0.455. The van der Waals surface area contributed by atoms with Gasteiger partial charge in [0.2, 0.25) is 0 Å². The minimum Gasteiger partial charge on any atom is -0.369 e. The zero-order valence-corrected chi connectivity index (χ0v) is 11.6. The summed E-state index contributed by atoms with van der Waals surface area (Å²) in [5, 5.41) is 0.727. The maximum Gasteiger partial charge on any atom is 0.0642 e. The molecule has 0 fully saturated rings. The highest BCUT2D eigenvalue weighted by Crippen LogP contribution is 2.31. The van der Waals surface area contributed by atoms with Crippen LogP contribution in [0.15, 0.2) is 42.7 Å². The van der Waals surface area contributed by atoms with Gasteiger partial charge in [0.15, 0.2) is 0 Å². The van der Waals surface area contributed by atoms with Crippen molar-refractivity contribution in [3.8, 4) is 0 Å². The lowest BCUT2D eigenvalue weighted by Gasteiger charge is -2.23. The first-order chi connectivity index (χ1) is 8.72. The van der Waals surface area contributed by atoms with E-state index in [0.717, 1.165) is 22.8 Å². The molecule has 0 radical (unpaired) electrons. The van der Waals surface area contributed by atoms with Gasteiger partial charge in [-0.3, -0.25) is 4.98 Å². The third kappa shape index (κ3) is 2.95. The number of para-hydroxylation sites is 1. The maximum absolute atomic E-state index is 6.26. The highest BCUT2D eigenvalue weighted by atomic mass is 35.5. The lowest BCUT2D eigenvalue weighted by molar-refractivity contribution is 0.913. The number of hydrogen-bond donors (Lipinski definition) is 0. The Bertz CT molecular complexity index is 514. The van der Waals surface area contributed by atoms with Gasteiger partial charge in [-0.2, -0.15) is 0 Å². The number of aromatic nitrogens is 1. The Kier molecular flexibility index (Phi) is 4.45. The van der Waals surface area contributed by atoms with Crippen molar-refractivity contribution < 1.29 is 0 Å². The van der Waals surface area contributed by atoms with E-state index < -0.39 is 0 Å². The van der Waals surface area contributed by atoms with Crippen LogP contribution in [-0.4, -0.2) is 12.0 Å². The molecular weight excluding hydrogens is 267 g/mol. The molecule has 2 rings (SSSR count). The van der Waals surface area contributed by atoms with Crippen LogP contribution in [0, 0.1) is 0 Å². The van der Waals surface area contributed by atoms with E-state index in [0.29, 0.717) is 5.88 Å². The van der Waals surface area contributed by atoms with Crippen LogP contribution in [0.4, 0.5) is 5.69 Å². The van der Waals surface area contributed by atoms with Gasteiger partial charge in [-0.05, 0) is 29.3 Å². The van der Waals surface area contributed by atoms with Crippen molar-refractivity contribution in [1.82, 2.24) is 4.98 Å². The van der Waals surface area contributed by atoms with E-state index in [-0.39, 0.29) is 0 Å². The average Bonchev–Trinajstić information content (AvgIpc) is 2.39. The molecule has 18 heavy (non-hydrogen) atoms. The maximum atomic E-state index is 6.26. The molecule has 0 saturated heterocycles. The largest absolute Gasteiger partial charge is 0.369 e. The van der Waals surface area contributed by atoms with Gasteiger partial charge >= 0.3 is 0 Å². The van der Waals surface area contributed by atoms with Gasteiger partial charge in [0.05, 0.1) is 10.7 Å². The van der Waals surface area contributed by atoms with Gasteiger partial charge in [-0.15, -0.1) is 11.6 Å². The third-order valence-corrected chi connectivity index (χ3v) is 3.36. The molecule has 2 aromatic rings. The molecule has 94 valence electrons. The summed E-state index contributed by atoms with van der Waals surface area (Å²) in [6.07, 6.45) is 3.58. The molecule has 0 N–H and O–H groups in total. The van der Waals surface area contributed by atoms with Crippen LogP contribution in [0.25, 0.3) is 0 Å². The minimum atomic E-state index is 0.455.